The Balaban J connectivity index is 1.67. The number of benzene rings is 3. The largest absolute Gasteiger partial charge is 0.452 e. The quantitative estimate of drug-likeness (QED) is 0.584. The van der Waals surface area contributed by atoms with Gasteiger partial charge in [0.15, 0.2) is 6.61 Å². The Morgan fingerprint density at radius 2 is 1.70 bits per heavy atom. The number of hydrogen-bond acceptors (Lipinski definition) is 5. The number of nitrogens with zero attached hydrogens (tertiary/aromatic N) is 1. The van der Waals surface area contributed by atoms with Gasteiger partial charge in [0.25, 0.3) is 5.91 Å². The van der Waals surface area contributed by atoms with Crippen molar-refractivity contribution in [1.29, 1.82) is 0 Å². The third kappa shape index (κ3) is 4.79. The minimum atomic E-state index is -3.84. The van der Waals surface area contributed by atoms with Crippen molar-refractivity contribution in [3.05, 3.63) is 71.2 Å². The first-order valence-corrected chi connectivity index (χ1v) is 10.7. The Morgan fingerprint density at radius 3 is 2.40 bits per heavy atom. The van der Waals surface area contributed by atoms with E-state index in [9.17, 15) is 18.0 Å². The summed E-state index contributed by atoms with van der Waals surface area (Å²) in [6.45, 7) is -0.524. The molecule has 0 heterocycles. The third-order valence-corrected chi connectivity index (χ3v) is 6.59. The van der Waals surface area contributed by atoms with E-state index < -0.39 is 28.5 Å². The number of hydrogen-bond donors (Lipinski definition) is 1. The van der Waals surface area contributed by atoms with Crippen LogP contribution in [0.25, 0.3) is 10.8 Å². The molecule has 1 N–H and O–H groups in total. The lowest BCUT2D eigenvalue weighted by Gasteiger charge is -2.13. The van der Waals surface area contributed by atoms with Crippen LogP contribution < -0.4 is 5.32 Å². The molecule has 0 aromatic heterocycles. The highest BCUT2D eigenvalue weighted by Gasteiger charge is 2.23. The summed E-state index contributed by atoms with van der Waals surface area (Å²) in [6, 6.07) is 16.9. The highest BCUT2D eigenvalue weighted by Crippen LogP contribution is 2.25. The van der Waals surface area contributed by atoms with Crippen molar-refractivity contribution in [2.75, 3.05) is 26.0 Å². The molecule has 3 rings (SSSR count). The van der Waals surface area contributed by atoms with Crippen molar-refractivity contribution in [3.63, 3.8) is 0 Å². The zero-order valence-electron chi connectivity index (χ0n) is 16.3. The molecule has 0 bridgehead atoms. The Morgan fingerprint density at radius 1 is 1.00 bits per heavy atom. The molecule has 0 aliphatic carbocycles. The first-order valence-electron chi connectivity index (χ1n) is 8.86. The molecule has 0 radical (unpaired) electrons. The highest BCUT2D eigenvalue weighted by atomic mass is 35.5. The monoisotopic (exact) mass is 446 g/mol. The van der Waals surface area contributed by atoms with Crippen molar-refractivity contribution in [2.45, 2.75) is 4.90 Å². The number of nitrogens with one attached hydrogen (secondary N) is 1. The number of anilines is 1. The standard InChI is InChI=1S/C21H19ClN2O5S/c1-24(2)30(27,28)19-12-16(8-10-18(19)22)21(26)29-13-20(25)23-17-9-7-14-5-3-4-6-15(14)11-17/h3-12H,13H2,1-2H3,(H,23,25). The fourth-order valence-electron chi connectivity index (χ4n) is 2.70. The van der Waals surface area contributed by atoms with Crippen molar-refractivity contribution >= 4 is 50.0 Å². The minimum absolute atomic E-state index is 0.0192. The lowest BCUT2D eigenvalue weighted by atomic mass is 10.1. The Hall–Kier alpha value is -2.94. The SMILES string of the molecule is CN(C)S(=O)(=O)c1cc(C(=O)OCC(=O)Nc2ccc3ccccc3c2)ccc1Cl. The first-order chi connectivity index (χ1) is 14.2. The van der Waals surface area contributed by atoms with Gasteiger partial charge in [0, 0.05) is 19.8 Å². The molecular weight excluding hydrogens is 428 g/mol. The van der Waals surface area contributed by atoms with Crippen LogP contribution in [-0.4, -0.2) is 45.3 Å². The summed E-state index contributed by atoms with van der Waals surface area (Å²) in [6.07, 6.45) is 0. The van der Waals surface area contributed by atoms with Crippen LogP contribution >= 0.6 is 11.6 Å². The van der Waals surface area contributed by atoms with E-state index in [0.29, 0.717) is 5.69 Å². The van der Waals surface area contributed by atoms with Gasteiger partial charge < -0.3 is 10.1 Å². The maximum atomic E-state index is 12.3. The average molecular weight is 447 g/mol. The molecule has 0 saturated carbocycles. The summed E-state index contributed by atoms with van der Waals surface area (Å²) in [5.41, 5.74) is 0.541. The van der Waals surface area contributed by atoms with Crippen LogP contribution in [0.4, 0.5) is 5.69 Å². The minimum Gasteiger partial charge on any atom is -0.452 e. The van der Waals surface area contributed by atoms with E-state index in [0.717, 1.165) is 21.1 Å². The van der Waals surface area contributed by atoms with E-state index in [1.54, 1.807) is 6.07 Å². The third-order valence-electron chi connectivity index (χ3n) is 4.29. The van der Waals surface area contributed by atoms with Crippen LogP contribution in [0.2, 0.25) is 5.02 Å². The number of sulfonamides is 1. The predicted octanol–water partition coefficient (Wildman–Crippen LogP) is 3.54. The van der Waals surface area contributed by atoms with E-state index in [4.69, 9.17) is 16.3 Å². The van der Waals surface area contributed by atoms with Gasteiger partial charge in [0.1, 0.15) is 4.90 Å². The van der Waals surface area contributed by atoms with Crippen LogP contribution in [-0.2, 0) is 19.6 Å². The van der Waals surface area contributed by atoms with Gasteiger partial charge in [-0.2, -0.15) is 0 Å². The van der Waals surface area contributed by atoms with Gasteiger partial charge in [-0.15, -0.1) is 0 Å². The lowest BCUT2D eigenvalue weighted by Crippen LogP contribution is -2.23. The van der Waals surface area contributed by atoms with Gasteiger partial charge >= 0.3 is 5.97 Å². The molecule has 0 saturated heterocycles. The van der Waals surface area contributed by atoms with E-state index in [1.807, 2.05) is 36.4 Å². The van der Waals surface area contributed by atoms with Crippen molar-refractivity contribution in [3.8, 4) is 0 Å². The van der Waals surface area contributed by atoms with Gasteiger partial charge in [-0.25, -0.2) is 17.5 Å². The van der Waals surface area contributed by atoms with Gasteiger partial charge in [0.05, 0.1) is 10.6 Å². The molecule has 0 aliphatic rings. The summed E-state index contributed by atoms with van der Waals surface area (Å²) in [5, 5.41) is 4.64. The highest BCUT2D eigenvalue weighted by molar-refractivity contribution is 7.89. The number of carbonyl (C=O) groups excluding carboxylic acids is 2. The van der Waals surface area contributed by atoms with Gasteiger partial charge in [0.2, 0.25) is 10.0 Å². The molecular formula is C21H19ClN2O5S. The molecule has 7 nitrogen and oxygen atoms in total. The number of rotatable bonds is 6. The molecule has 3 aromatic rings. The molecule has 0 unspecified atom stereocenters. The molecule has 0 aliphatic heterocycles. The fraction of sp³-hybridized carbons (Fsp3) is 0.143. The molecule has 1 amide bonds. The zero-order valence-corrected chi connectivity index (χ0v) is 17.8. The van der Waals surface area contributed by atoms with Crippen LogP contribution in [0.15, 0.2) is 65.6 Å². The van der Waals surface area contributed by atoms with Crippen molar-refractivity contribution < 1.29 is 22.7 Å². The summed E-state index contributed by atoms with van der Waals surface area (Å²) >= 11 is 5.97. The Bertz CT molecular complexity index is 1230. The second kappa shape index (κ2) is 8.83. The molecule has 3 aromatic carbocycles. The van der Waals surface area contributed by atoms with Gasteiger partial charge in [-0.1, -0.05) is 41.9 Å². The van der Waals surface area contributed by atoms with Crippen molar-refractivity contribution in [2.24, 2.45) is 0 Å². The second-order valence-corrected chi connectivity index (χ2v) is 9.15. The number of halogens is 1. The van der Waals surface area contributed by atoms with E-state index in [1.165, 1.54) is 26.2 Å². The van der Waals surface area contributed by atoms with Crippen LogP contribution in [0, 0.1) is 0 Å². The molecule has 0 atom stereocenters. The summed E-state index contributed by atoms with van der Waals surface area (Å²) in [4.78, 5) is 24.2. The predicted molar refractivity (Wildman–Crippen MR) is 115 cm³/mol. The maximum Gasteiger partial charge on any atom is 0.338 e. The van der Waals surface area contributed by atoms with Gasteiger partial charge in [-0.05, 0) is 41.1 Å². The normalized spacial score (nSPS) is 11.5. The van der Waals surface area contributed by atoms with E-state index in [-0.39, 0.29) is 15.5 Å². The summed E-state index contributed by atoms with van der Waals surface area (Å²) in [7, 11) is -1.13. The van der Waals surface area contributed by atoms with E-state index in [2.05, 4.69) is 5.32 Å². The second-order valence-electron chi connectivity index (χ2n) is 6.62. The first kappa shape index (κ1) is 21.8. The fourth-order valence-corrected chi connectivity index (χ4v) is 4.10. The number of esters is 1. The molecule has 30 heavy (non-hydrogen) atoms. The lowest BCUT2D eigenvalue weighted by molar-refractivity contribution is -0.119. The Labute approximate surface area is 179 Å². The zero-order chi connectivity index (χ0) is 21.9. The molecule has 0 spiro atoms. The summed E-state index contributed by atoms with van der Waals surface area (Å²) in [5.74, 6) is -1.36. The average Bonchev–Trinajstić information content (AvgIpc) is 2.72. The van der Waals surface area contributed by atoms with Crippen LogP contribution in [0.3, 0.4) is 0 Å². The number of fused-ring (bicyclic) bond motifs is 1. The smallest absolute Gasteiger partial charge is 0.338 e. The van der Waals surface area contributed by atoms with Crippen LogP contribution in [0.1, 0.15) is 10.4 Å². The Kier molecular flexibility index (Phi) is 6.40. The summed E-state index contributed by atoms with van der Waals surface area (Å²) < 4.78 is 30.6. The molecule has 0 fully saturated rings. The maximum absolute atomic E-state index is 12.3. The van der Waals surface area contributed by atoms with Gasteiger partial charge in [-0.3, -0.25) is 4.79 Å². The number of carbonyl (C=O) groups is 2. The van der Waals surface area contributed by atoms with Crippen molar-refractivity contribution in [1.82, 2.24) is 4.31 Å². The van der Waals surface area contributed by atoms with Crippen LogP contribution in [0.5, 0.6) is 0 Å². The molecule has 9 heteroatoms. The number of amides is 1. The molecule has 156 valence electrons. The number of ether oxygens (including phenoxy) is 1. The van der Waals surface area contributed by atoms with E-state index >= 15 is 0 Å². The topological polar surface area (TPSA) is 92.8 Å².